The summed E-state index contributed by atoms with van der Waals surface area (Å²) in [5, 5.41) is 0.520. The van der Waals surface area contributed by atoms with Crippen LogP contribution in [-0.4, -0.2) is 21.0 Å². The number of rotatable bonds is 5. The fraction of sp³-hybridized carbons (Fsp3) is 0.267. The minimum absolute atomic E-state index is 0.134. The molecule has 0 bridgehead atoms. The number of thioether (sulfide) groups is 1. The van der Waals surface area contributed by atoms with Crippen LogP contribution in [0.15, 0.2) is 47.9 Å². The summed E-state index contributed by atoms with van der Waals surface area (Å²) < 4.78 is 0. The van der Waals surface area contributed by atoms with Crippen LogP contribution in [0.1, 0.15) is 29.3 Å². The van der Waals surface area contributed by atoms with E-state index < -0.39 is 0 Å². The average Bonchev–Trinajstić information content (AvgIpc) is 2.47. The summed E-state index contributed by atoms with van der Waals surface area (Å²) >= 11 is 1.43. The minimum atomic E-state index is -0.134. The molecule has 1 heterocycles. The van der Waals surface area contributed by atoms with E-state index in [0.717, 1.165) is 17.5 Å². The molecule has 0 fully saturated rings. The lowest BCUT2D eigenvalue weighted by Crippen LogP contribution is -2.16. The molecule has 2 aromatic rings. The van der Waals surface area contributed by atoms with E-state index in [0.29, 0.717) is 5.16 Å². The monoisotopic (exact) mass is 272 g/mol. The SMILES string of the molecule is CCC(Sc1ncc(C)cn1)C(=O)c1ccccc1. The maximum atomic E-state index is 12.4. The molecule has 1 aromatic heterocycles. The van der Waals surface area contributed by atoms with E-state index >= 15 is 0 Å². The van der Waals surface area contributed by atoms with E-state index in [1.807, 2.05) is 44.2 Å². The Morgan fingerprint density at radius 1 is 1.21 bits per heavy atom. The molecule has 1 aromatic carbocycles. The number of nitrogens with zero attached hydrogens (tertiary/aromatic N) is 2. The predicted molar refractivity (Wildman–Crippen MR) is 77.5 cm³/mol. The van der Waals surface area contributed by atoms with Crippen LogP contribution in [-0.2, 0) is 0 Å². The third kappa shape index (κ3) is 3.64. The summed E-state index contributed by atoms with van der Waals surface area (Å²) in [6, 6.07) is 9.37. The Labute approximate surface area is 117 Å². The van der Waals surface area contributed by atoms with Gasteiger partial charge in [-0.2, -0.15) is 0 Å². The molecule has 4 heteroatoms. The van der Waals surface area contributed by atoms with Crippen LogP contribution in [0.3, 0.4) is 0 Å². The van der Waals surface area contributed by atoms with E-state index in [2.05, 4.69) is 9.97 Å². The number of Topliss-reactive ketones (excluding diaryl/α,β-unsaturated/α-hetero) is 1. The number of hydrogen-bond donors (Lipinski definition) is 0. The molecule has 3 nitrogen and oxygen atoms in total. The maximum Gasteiger partial charge on any atom is 0.188 e. The van der Waals surface area contributed by atoms with Gasteiger partial charge in [0.2, 0.25) is 0 Å². The summed E-state index contributed by atoms with van der Waals surface area (Å²) in [7, 11) is 0. The lowest BCUT2D eigenvalue weighted by atomic mass is 10.1. The summed E-state index contributed by atoms with van der Waals surface area (Å²) in [6.07, 6.45) is 4.31. The lowest BCUT2D eigenvalue weighted by molar-refractivity contribution is 0.0988. The van der Waals surface area contributed by atoms with Crippen molar-refractivity contribution in [2.75, 3.05) is 0 Å². The number of ketones is 1. The van der Waals surface area contributed by atoms with Gasteiger partial charge in [-0.15, -0.1) is 0 Å². The molecule has 0 saturated carbocycles. The fourth-order valence-corrected chi connectivity index (χ4v) is 2.57. The molecule has 0 saturated heterocycles. The van der Waals surface area contributed by atoms with Gasteiger partial charge >= 0.3 is 0 Å². The molecule has 2 rings (SSSR count). The number of aryl methyl sites for hydroxylation is 1. The normalized spacial score (nSPS) is 12.1. The molecule has 1 atom stereocenters. The highest BCUT2D eigenvalue weighted by atomic mass is 32.2. The van der Waals surface area contributed by atoms with E-state index in [-0.39, 0.29) is 11.0 Å². The molecule has 0 aliphatic rings. The fourth-order valence-electron chi connectivity index (χ4n) is 1.68. The first kappa shape index (κ1) is 13.7. The Kier molecular flexibility index (Phi) is 4.68. The highest BCUT2D eigenvalue weighted by Gasteiger charge is 2.20. The Morgan fingerprint density at radius 3 is 2.42 bits per heavy atom. The second kappa shape index (κ2) is 6.48. The van der Waals surface area contributed by atoms with Crippen molar-refractivity contribution in [1.82, 2.24) is 9.97 Å². The van der Waals surface area contributed by atoms with Crippen molar-refractivity contribution in [3.8, 4) is 0 Å². The van der Waals surface area contributed by atoms with Gasteiger partial charge in [0.15, 0.2) is 10.9 Å². The smallest absolute Gasteiger partial charge is 0.188 e. The Morgan fingerprint density at radius 2 is 1.84 bits per heavy atom. The number of carbonyl (C=O) groups excluding carboxylic acids is 1. The van der Waals surface area contributed by atoms with Crippen molar-refractivity contribution in [2.45, 2.75) is 30.7 Å². The van der Waals surface area contributed by atoms with E-state index in [1.54, 1.807) is 12.4 Å². The summed E-state index contributed by atoms with van der Waals surface area (Å²) in [5.74, 6) is 0.136. The minimum Gasteiger partial charge on any atom is -0.293 e. The molecule has 0 aliphatic carbocycles. The van der Waals surface area contributed by atoms with Crippen LogP contribution in [0.25, 0.3) is 0 Å². The molecule has 1 unspecified atom stereocenters. The van der Waals surface area contributed by atoms with Crippen LogP contribution in [0.5, 0.6) is 0 Å². The van der Waals surface area contributed by atoms with Crippen molar-refractivity contribution in [2.24, 2.45) is 0 Å². The Balaban J connectivity index is 2.12. The molecular formula is C15H16N2OS. The van der Waals surface area contributed by atoms with Gasteiger partial charge in [-0.05, 0) is 18.9 Å². The first-order valence-corrected chi connectivity index (χ1v) is 7.13. The standard InChI is InChI=1S/C15H16N2OS/c1-3-13(14(18)12-7-5-4-6-8-12)19-15-16-9-11(2)10-17-15/h4-10,13H,3H2,1-2H3. The number of benzene rings is 1. The molecule has 19 heavy (non-hydrogen) atoms. The van der Waals surface area contributed by atoms with Gasteiger partial charge in [0.25, 0.3) is 0 Å². The Hall–Kier alpha value is -1.68. The predicted octanol–water partition coefficient (Wildman–Crippen LogP) is 3.54. The zero-order valence-corrected chi connectivity index (χ0v) is 11.9. The number of carbonyl (C=O) groups is 1. The van der Waals surface area contributed by atoms with Crippen LogP contribution in [0.2, 0.25) is 0 Å². The van der Waals surface area contributed by atoms with E-state index in [9.17, 15) is 4.79 Å². The van der Waals surface area contributed by atoms with Gasteiger partial charge < -0.3 is 0 Å². The molecule has 0 N–H and O–H groups in total. The maximum absolute atomic E-state index is 12.4. The van der Waals surface area contributed by atoms with Crippen molar-refractivity contribution in [3.63, 3.8) is 0 Å². The molecule has 0 aliphatic heterocycles. The summed E-state index contributed by atoms with van der Waals surface area (Å²) in [5.41, 5.74) is 1.76. The van der Waals surface area contributed by atoms with E-state index in [1.165, 1.54) is 11.8 Å². The van der Waals surface area contributed by atoms with Crippen molar-refractivity contribution in [3.05, 3.63) is 53.9 Å². The third-order valence-corrected chi connectivity index (χ3v) is 3.98. The van der Waals surface area contributed by atoms with Gasteiger partial charge in [-0.1, -0.05) is 49.0 Å². The van der Waals surface area contributed by atoms with Crippen LogP contribution >= 0.6 is 11.8 Å². The second-order valence-electron chi connectivity index (χ2n) is 4.29. The quantitative estimate of drug-likeness (QED) is 0.474. The summed E-state index contributed by atoms with van der Waals surface area (Å²) in [6.45, 7) is 3.95. The second-order valence-corrected chi connectivity index (χ2v) is 5.46. The number of hydrogen-bond acceptors (Lipinski definition) is 4. The van der Waals surface area contributed by atoms with Gasteiger partial charge in [0.05, 0.1) is 5.25 Å². The topological polar surface area (TPSA) is 42.9 Å². The lowest BCUT2D eigenvalue weighted by Gasteiger charge is -2.12. The largest absolute Gasteiger partial charge is 0.293 e. The zero-order valence-electron chi connectivity index (χ0n) is 11.0. The number of aromatic nitrogens is 2. The third-order valence-electron chi connectivity index (χ3n) is 2.73. The van der Waals surface area contributed by atoms with Crippen molar-refractivity contribution in [1.29, 1.82) is 0 Å². The average molecular weight is 272 g/mol. The molecular weight excluding hydrogens is 256 g/mol. The van der Waals surface area contributed by atoms with E-state index in [4.69, 9.17) is 0 Å². The summed E-state index contributed by atoms with van der Waals surface area (Å²) in [4.78, 5) is 20.9. The van der Waals surface area contributed by atoms with Gasteiger partial charge in [0.1, 0.15) is 0 Å². The van der Waals surface area contributed by atoms with Crippen LogP contribution < -0.4 is 0 Å². The van der Waals surface area contributed by atoms with Gasteiger partial charge in [-0.25, -0.2) is 9.97 Å². The van der Waals surface area contributed by atoms with Crippen LogP contribution in [0.4, 0.5) is 0 Å². The molecule has 0 radical (unpaired) electrons. The first-order chi connectivity index (χ1) is 9.20. The van der Waals surface area contributed by atoms with Crippen molar-refractivity contribution >= 4 is 17.5 Å². The zero-order chi connectivity index (χ0) is 13.7. The first-order valence-electron chi connectivity index (χ1n) is 6.25. The van der Waals surface area contributed by atoms with Gasteiger partial charge in [0, 0.05) is 18.0 Å². The van der Waals surface area contributed by atoms with Crippen LogP contribution in [0, 0.1) is 6.92 Å². The van der Waals surface area contributed by atoms with Gasteiger partial charge in [-0.3, -0.25) is 4.79 Å². The highest BCUT2D eigenvalue weighted by Crippen LogP contribution is 2.24. The highest BCUT2D eigenvalue weighted by molar-refractivity contribution is 8.00. The molecule has 98 valence electrons. The Bertz CT molecular complexity index is 540. The van der Waals surface area contributed by atoms with Crippen molar-refractivity contribution < 1.29 is 4.79 Å². The molecule has 0 amide bonds. The molecule has 0 spiro atoms.